The molecule has 0 aliphatic carbocycles. The minimum absolute atomic E-state index is 0.107. The van der Waals surface area contributed by atoms with Crippen molar-refractivity contribution in [3.63, 3.8) is 0 Å². The summed E-state index contributed by atoms with van der Waals surface area (Å²) in [5, 5.41) is 8.86. The van der Waals surface area contributed by atoms with Gasteiger partial charge >= 0.3 is 0 Å². The van der Waals surface area contributed by atoms with Gasteiger partial charge in [0.25, 0.3) is 0 Å². The Kier molecular flexibility index (Phi) is 3.70. The van der Waals surface area contributed by atoms with Crippen LogP contribution in [0.3, 0.4) is 0 Å². The molecule has 1 aromatic heterocycles. The Hall–Kier alpha value is -1.30. The highest BCUT2D eigenvalue weighted by atomic mass is 15.1. The molecule has 0 aromatic carbocycles. The first-order chi connectivity index (χ1) is 6.72. The fourth-order valence-corrected chi connectivity index (χ4v) is 1.46. The summed E-state index contributed by atoms with van der Waals surface area (Å²) < 4.78 is 1.99. The molecule has 0 aliphatic rings. The second-order valence-corrected chi connectivity index (χ2v) is 3.46. The standard InChI is InChI=1S/C11H17N3/c1-4-6-11-13-10(5-2)8-14(11)9(3)7-12/h8-9H,4-6H2,1-3H3. The van der Waals surface area contributed by atoms with Gasteiger partial charge in [0.15, 0.2) is 0 Å². The Morgan fingerprint density at radius 1 is 1.57 bits per heavy atom. The molecule has 1 aromatic rings. The van der Waals surface area contributed by atoms with Gasteiger partial charge in [-0.3, -0.25) is 0 Å². The van der Waals surface area contributed by atoms with Gasteiger partial charge in [-0.05, 0) is 19.8 Å². The lowest BCUT2D eigenvalue weighted by atomic mass is 10.3. The molecular weight excluding hydrogens is 174 g/mol. The molecule has 1 heterocycles. The van der Waals surface area contributed by atoms with Crippen molar-refractivity contribution in [2.45, 2.75) is 46.1 Å². The minimum Gasteiger partial charge on any atom is -0.318 e. The predicted molar refractivity (Wildman–Crippen MR) is 55.9 cm³/mol. The molecule has 0 bridgehead atoms. The number of aromatic nitrogens is 2. The molecule has 0 radical (unpaired) electrons. The van der Waals surface area contributed by atoms with Crippen molar-refractivity contribution < 1.29 is 0 Å². The maximum absolute atomic E-state index is 8.86. The van der Waals surface area contributed by atoms with E-state index in [1.165, 1.54) is 0 Å². The molecular formula is C11H17N3. The van der Waals surface area contributed by atoms with Crippen molar-refractivity contribution >= 4 is 0 Å². The number of nitriles is 1. The fourth-order valence-electron chi connectivity index (χ4n) is 1.46. The largest absolute Gasteiger partial charge is 0.318 e. The monoisotopic (exact) mass is 191 g/mol. The number of imidazole rings is 1. The van der Waals surface area contributed by atoms with Crippen molar-refractivity contribution in [2.24, 2.45) is 0 Å². The predicted octanol–water partition coefficient (Wildman–Crippen LogP) is 2.48. The molecule has 0 fully saturated rings. The van der Waals surface area contributed by atoms with E-state index in [9.17, 15) is 0 Å². The van der Waals surface area contributed by atoms with E-state index in [1.54, 1.807) is 0 Å². The number of nitrogens with zero attached hydrogens (tertiary/aromatic N) is 3. The molecule has 1 unspecified atom stereocenters. The van der Waals surface area contributed by atoms with Crippen LogP contribution in [0.1, 0.15) is 44.8 Å². The first-order valence-corrected chi connectivity index (χ1v) is 5.19. The van der Waals surface area contributed by atoms with Crippen molar-refractivity contribution in [2.75, 3.05) is 0 Å². The van der Waals surface area contributed by atoms with E-state index < -0.39 is 0 Å². The molecule has 0 aliphatic heterocycles. The van der Waals surface area contributed by atoms with E-state index in [0.29, 0.717) is 0 Å². The number of hydrogen-bond donors (Lipinski definition) is 0. The van der Waals surface area contributed by atoms with Crippen molar-refractivity contribution in [1.29, 1.82) is 5.26 Å². The second-order valence-electron chi connectivity index (χ2n) is 3.46. The van der Waals surface area contributed by atoms with Gasteiger partial charge < -0.3 is 4.57 Å². The minimum atomic E-state index is -0.107. The van der Waals surface area contributed by atoms with E-state index in [1.807, 2.05) is 17.7 Å². The normalized spacial score (nSPS) is 12.4. The highest BCUT2D eigenvalue weighted by molar-refractivity contribution is 5.08. The first-order valence-electron chi connectivity index (χ1n) is 5.19. The maximum Gasteiger partial charge on any atom is 0.119 e. The van der Waals surface area contributed by atoms with Gasteiger partial charge in [0.05, 0.1) is 11.8 Å². The van der Waals surface area contributed by atoms with Crippen molar-refractivity contribution in [1.82, 2.24) is 9.55 Å². The van der Waals surface area contributed by atoms with E-state index in [2.05, 4.69) is 24.9 Å². The third-order valence-corrected chi connectivity index (χ3v) is 2.30. The third kappa shape index (κ3) is 2.14. The van der Waals surface area contributed by atoms with Crippen molar-refractivity contribution in [3.05, 3.63) is 17.7 Å². The average Bonchev–Trinajstić information content (AvgIpc) is 2.61. The smallest absolute Gasteiger partial charge is 0.119 e. The Labute approximate surface area is 85.4 Å². The zero-order chi connectivity index (χ0) is 10.6. The van der Waals surface area contributed by atoms with E-state index in [-0.39, 0.29) is 6.04 Å². The lowest BCUT2D eigenvalue weighted by molar-refractivity contribution is 0.622. The summed E-state index contributed by atoms with van der Waals surface area (Å²) in [4.78, 5) is 4.50. The summed E-state index contributed by atoms with van der Waals surface area (Å²) in [5.41, 5.74) is 1.08. The van der Waals surface area contributed by atoms with Crippen molar-refractivity contribution in [3.8, 4) is 6.07 Å². The van der Waals surface area contributed by atoms with Gasteiger partial charge in [-0.2, -0.15) is 5.26 Å². The van der Waals surface area contributed by atoms with Crippen LogP contribution in [-0.4, -0.2) is 9.55 Å². The molecule has 1 atom stereocenters. The fraction of sp³-hybridized carbons (Fsp3) is 0.636. The zero-order valence-corrected chi connectivity index (χ0v) is 9.12. The molecule has 14 heavy (non-hydrogen) atoms. The SMILES string of the molecule is CCCc1nc(CC)cn1C(C)C#N. The second kappa shape index (κ2) is 4.80. The number of hydrogen-bond acceptors (Lipinski definition) is 2. The molecule has 3 heteroatoms. The van der Waals surface area contributed by atoms with Gasteiger partial charge in [0, 0.05) is 12.6 Å². The molecule has 0 amide bonds. The highest BCUT2D eigenvalue weighted by Crippen LogP contribution is 2.13. The van der Waals surface area contributed by atoms with Crippen LogP contribution in [0.5, 0.6) is 0 Å². The molecule has 0 spiro atoms. The van der Waals surface area contributed by atoms with Crippen LogP contribution in [0.25, 0.3) is 0 Å². The summed E-state index contributed by atoms with van der Waals surface area (Å²) in [6, 6.07) is 2.13. The molecule has 76 valence electrons. The van der Waals surface area contributed by atoms with Gasteiger partial charge in [0.1, 0.15) is 11.9 Å². The van der Waals surface area contributed by atoms with E-state index in [0.717, 1.165) is 30.8 Å². The van der Waals surface area contributed by atoms with Crippen LogP contribution in [0.15, 0.2) is 6.20 Å². The van der Waals surface area contributed by atoms with Crippen LogP contribution in [-0.2, 0) is 12.8 Å². The zero-order valence-electron chi connectivity index (χ0n) is 9.12. The van der Waals surface area contributed by atoms with E-state index >= 15 is 0 Å². The lowest BCUT2D eigenvalue weighted by Gasteiger charge is -2.07. The Morgan fingerprint density at radius 3 is 2.79 bits per heavy atom. The molecule has 3 nitrogen and oxygen atoms in total. The van der Waals surface area contributed by atoms with Crippen LogP contribution in [0.2, 0.25) is 0 Å². The van der Waals surface area contributed by atoms with Gasteiger partial charge in [-0.15, -0.1) is 0 Å². The highest BCUT2D eigenvalue weighted by Gasteiger charge is 2.10. The summed E-state index contributed by atoms with van der Waals surface area (Å²) >= 11 is 0. The number of rotatable bonds is 4. The maximum atomic E-state index is 8.86. The average molecular weight is 191 g/mol. The Bertz CT molecular complexity index is 333. The molecule has 0 saturated carbocycles. The lowest BCUT2D eigenvalue weighted by Crippen LogP contribution is -2.06. The quantitative estimate of drug-likeness (QED) is 0.733. The van der Waals surface area contributed by atoms with Crippen LogP contribution in [0, 0.1) is 11.3 Å². The van der Waals surface area contributed by atoms with Crippen LogP contribution < -0.4 is 0 Å². The van der Waals surface area contributed by atoms with Crippen LogP contribution >= 0.6 is 0 Å². The summed E-state index contributed by atoms with van der Waals surface area (Å²) in [6.07, 6.45) is 4.95. The number of aryl methyl sites for hydroxylation is 2. The Morgan fingerprint density at radius 2 is 2.29 bits per heavy atom. The summed E-state index contributed by atoms with van der Waals surface area (Å²) in [5.74, 6) is 1.04. The summed E-state index contributed by atoms with van der Waals surface area (Å²) in [7, 11) is 0. The molecule has 0 N–H and O–H groups in total. The van der Waals surface area contributed by atoms with E-state index in [4.69, 9.17) is 5.26 Å². The molecule has 1 rings (SSSR count). The molecule has 0 saturated heterocycles. The Balaban J connectivity index is 3.00. The van der Waals surface area contributed by atoms with Gasteiger partial charge in [-0.25, -0.2) is 4.98 Å². The van der Waals surface area contributed by atoms with Gasteiger partial charge in [0.2, 0.25) is 0 Å². The third-order valence-electron chi connectivity index (χ3n) is 2.30. The topological polar surface area (TPSA) is 41.6 Å². The van der Waals surface area contributed by atoms with Crippen LogP contribution in [0.4, 0.5) is 0 Å². The first kappa shape index (κ1) is 10.8. The van der Waals surface area contributed by atoms with Gasteiger partial charge in [-0.1, -0.05) is 13.8 Å². The summed E-state index contributed by atoms with van der Waals surface area (Å²) in [6.45, 7) is 6.11.